The molecular weight excluding hydrogens is 418 g/mol. The summed E-state index contributed by atoms with van der Waals surface area (Å²) in [4.78, 5) is 12.6. The lowest BCUT2D eigenvalue weighted by Crippen LogP contribution is -2.38. The summed E-state index contributed by atoms with van der Waals surface area (Å²) in [6, 6.07) is 4.50. The van der Waals surface area contributed by atoms with Gasteiger partial charge in [-0.05, 0) is 35.1 Å². The van der Waals surface area contributed by atoms with Crippen LogP contribution in [-0.4, -0.2) is 9.70 Å². The number of hydrogen-bond acceptors (Lipinski definition) is 1. The number of hydrogen-bond donors (Lipinski definition) is 1. The van der Waals surface area contributed by atoms with Crippen molar-refractivity contribution in [1.29, 1.82) is 0 Å². The molecular formula is C16H15Cl5FNO. The molecule has 1 saturated carbocycles. The van der Waals surface area contributed by atoms with Crippen molar-refractivity contribution in [1.82, 2.24) is 5.32 Å². The first-order chi connectivity index (χ1) is 10.9. The highest BCUT2D eigenvalue weighted by Crippen LogP contribution is 2.60. The first-order valence-corrected chi connectivity index (χ1v) is 8.99. The van der Waals surface area contributed by atoms with Gasteiger partial charge in [-0.15, -0.1) is 0 Å². The summed E-state index contributed by atoms with van der Waals surface area (Å²) in [6.45, 7) is 3.86. The van der Waals surface area contributed by atoms with E-state index in [1.165, 1.54) is 24.3 Å². The van der Waals surface area contributed by atoms with Crippen LogP contribution in [0.15, 0.2) is 34.8 Å². The van der Waals surface area contributed by atoms with Gasteiger partial charge in [0.2, 0.25) is 9.70 Å². The first-order valence-electron chi connectivity index (χ1n) is 7.10. The molecule has 0 aliphatic heterocycles. The van der Waals surface area contributed by atoms with E-state index in [9.17, 15) is 9.18 Å². The minimum atomic E-state index is -1.79. The Morgan fingerprint density at radius 1 is 1.25 bits per heavy atom. The van der Waals surface area contributed by atoms with Crippen LogP contribution in [0, 0.1) is 23.1 Å². The number of carbonyl (C=O) groups excluding carboxylic acids is 1. The van der Waals surface area contributed by atoms with Crippen LogP contribution >= 0.6 is 58.0 Å². The summed E-state index contributed by atoms with van der Waals surface area (Å²) in [6.07, 6.45) is 1.63. The SMILES string of the molecule is CC1(C)[C@@H](C=C(Cl)Cl)[C@@H]1C(=O)N[C@@H](c1ccc(F)cc1)C(Cl)(Cl)Cl. The lowest BCUT2D eigenvalue weighted by Gasteiger charge is -2.26. The quantitative estimate of drug-likeness (QED) is 0.585. The minimum Gasteiger partial charge on any atom is -0.345 e. The van der Waals surface area contributed by atoms with Gasteiger partial charge in [0.15, 0.2) is 0 Å². The van der Waals surface area contributed by atoms with E-state index < -0.39 is 15.7 Å². The predicted octanol–water partition coefficient (Wildman–Crippen LogP) is 5.94. The fourth-order valence-corrected chi connectivity index (χ4v) is 3.68. The van der Waals surface area contributed by atoms with Crippen LogP contribution in [0.2, 0.25) is 0 Å². The Labute approximate surface area is 165 Å². The summed E-state index contributed by atoms with van der Waals surface area (Å²) in [7, 11) is 0. The third kappa shape index (κ3) is 4.50. The molecule has 24 heavy (non-hydrogen) atoms. The smallest absolute Gasteiger partial charge is 0.224 e. The first kappa shape index (κ1) is 20.1. The normalized spacial score (nSPS) is 23.3. The van der Waals surface area contributed by atoms with Gasteiger partial charge in [-0.1, -0.05) is 84.0 Å². The van der Waals surface area contributed by atoms with Crippen LogP contribution in [0.25, 0.3) is 0 Å². The molecule has 8 heteroatoms. The van der Waals surface area contributed by atoms with Crippen LogP contribution in [0.3, 0.4) is 0 Å². The molecule has 132 valence electrons. The molecule has 0 saturated heterocycles. The molecule has 2 rings (SSSR count). The van der Waals surface area contributed by atoms with Crippen molar-refractivity contribution in [2.75, 3.05) is 0 Å². The predicted molar refractivity (Wildman–Crippen MR) is 98.1 cm³/mol. The van der Waals surface area contributed by atoms with Crippen molar-refractivity contribution in [3.8, 4) is 0 Å². The Bertz CT molecular complexity index is 649. The Balaban J connectivity index is 2.21. The second kappa shape index (κ2) is 7.20. The zero-order chi connectivity index (χ0) is 18.3. The van der Waals surface area contributed by atoms with Gasteiger partial charge in [-0.2, -0.15) is 0 Å². The van der Waals surface area contributed by atoms with Crippen LogP contribution in [-0.2, 0) is 4.79 Å². The van der Waals surface area contributed by atoms with Gasteiger partial charge >= 0.3 is 0 Å². The van der Waals surface area contributed by atoms with Crippen molar-refractivity contribution in [3.05, 3.63) is 46.2 Å². The molecule has 0 unspecified atom stereocenters. The maximum Gasteiger partial charge on any atom is 0.224 e. The van der Waals surface area contributed by atoms with Crippen molar-refractivity contribution < 1.29 is 9.18 Å². The average Bonchev–Trinajstić information content (AvgIpc) is 2.96. The zero-order valence-corrected chi connectivity index (χ0v) is 16.6. The molecule has 0 spiro atoms. The van der Waals surface area contributed by atoms with E-state index >= 15 is 0 Å². The topological polar surface area (TPSA) is 29.1 Å². The number of rotatable bonds is 4. The molecule has 1 amide bonds. The average molecular weight is 434 g/mol. The molecule has 1 fully saturated rings. The molecule has 1 N–H and O–H groups in total. The molecule has 1 aliphatic rings. The van der Waals surface area contributed by atoms with Gasteiger partial charge in [0.1, 0.15) is 16.4 Å². The molecule has 0 bridgehead atoms. The Kier molecular flexibility index (Phi) is 6.04. The van der Waals surface area contributed by atoms with Crippen LogP contribution < -0.4 is 5.32 Å². The second-order valence-electron chi connectivity index (χ2n) is 6.32. The summed E-state index contributed by atoms with van der Waals surface area (Å²) >= 11 is 29.4. The third-order valence-corrected chi connectivity index (χ3v) is 5.22. The maximum absolute atomic E-state index is 13.1. The summed E-state index contributed by atoms with van der Waals surface area (Å²) in [5.74, 6) is -1.15. The Morgan fingerprint density at radius 3 is 2.25 bits per heavy atom. The highest BCUT2D eigenvalue weighted by atomic mass is 35.6. The van der Waals surface area contributed by atoms with Gasteiger partial charge in [-0.3, -0.25) is 4.79 Å². The number of carbonyl (C=O) groups is 1. The van der Waals surface area contributed by atoms with Crippen LogP contribution in [0.5, 0.6) is 0 Å². The van der Waals surface area contributed by atoms with Crippen molar-refractivity contribution in [2.45, 2.75) is 23.7 Å². The lowest BCUT2D eigenvalue weighted by atomic mass is 10.1. The summed E-state index contributed by atoms with van der Waals surface area (Å²) in [5.41, 5.74) is 0.186. The van der Waals surface area contributed by atoms with Crippen molar-refractivity contribution in [2.24, 2.45) is 17.3 Å². The molecule has 0 heterocycles. The lowest BCUT2D eigenvalue weighted by molar-refractivity contribution is -0.123. The zero-order valence-electron chi connectivity index (χ0n) is 12.8. The van der Waals surface area contributed by atoms with Gasteiger partial charge < -0.3 is 5.32 Å². The van der Waals surface area contributed by atoms with Crippen molar-refractivity contribution >= 4 is 63.9 Å². The number of nitrogens with one attached hydrogen (secondary N) is 1. The summed E-state index contributed by atoms with van der Waals surface area (Å²) in [5, 5.41) is 2.74. The maximum atomic E-state index is 13.1. The Hall–Kier alpha value is -0.190. The molecule has 1 aliphatic carbocycles. The van der Waals surface area contributed by atoms with Gasteiger partial charge in [-0.25, -0.2) is 4.39 Å². The fourth-order valence-electron chi connectivity index (χ4n) is 2.87. The van der Waals surface area contributed by atoms with E-state index in [1.807, 2.05) is 13.8 Å². The molecule has 0 radical (unpaired) electrons. The second-order valence-corrected chi connectivity index (χ2v) is 9.69. The number of halogens is 6. The molecule has 0 aromatic heterocycles. The van der Waals surface area contributed by atoms with E-state index in [4.69, 9.17) is 58.0 Å². The Morgan fingerprint density at radius 2 is 1.79 bits per heavy atom. The standard InChI is InChI=1S/C16H15Cl5FNO/c1-15(2)10(7-11(17)18)12(15)14(24)23-13(16(19,20)21)8-3-5-9(22)6-4-8/h3-7,10,12-13H,1-2H3,(H,23,24)/t10-,12+,13-/m0/s1. The van der Waals surface area contributed by atoms with E-state index in [0.29, 0.717) is 5.56 Å². The minimum absolute atomic E-state index is 0.105. The van der Waals surface area contributed by atoms with Crippen LogP contribution in [0.1, 0.15) is 25.5 Å². The largest absolute Gasteiger partial charge is 0.345 e. The van der Waals surface area contributed by atoms with Gasteiger partial charge in [0.25, 0.3) is 0 Å². The molecule has 1 aromatic rings. The van der Waals surface area contributed by atoms with E-state index in [2.05, 4.69) is 5.32 Å². The highest BCUT2D eigenvalue weighted by Gasteiger charge is 2.61. The number of benzene rings is 1. The third-order valence-electron chi connectivity index (χ3n) is 4.32. The highest BCUT2D eigenvalue weighted by molar-refractivity contribution is 6.68. The number of allylic oxidation sites excluding steroid dienone is 1. The number of alkyl halides is 3. The van der Waals surface area contributed by atoms with Gasteiger partial charge in [0.05, 0.1) is 5.92 Å². The fraction of sp³-hybridized carbons (Fsp3) is 0.438. The van der Waals surface area contributed by atoms with Gasteiger partial charge in [0, 0.05) is 0 Å². The van der Waals surface area contributed by atoms with E-state index in [-0.39, 0.29) is 27.6 Å². The van der Waals surface area contributed by atoms with E-state index in [1.54, 1.807) is 6.08 Å². The van der Waals surface area contributed by atoms with Crippen molar-refractivity contribution in [3.63, 3.8) is 0 Å². The molecule has 2 nitrogen and oxygen atoms in total. The molecule has 3 atom stereocenters. The van der Waals surface area contributed by atoms with Crippen LogP contribution in [0.4, 0.5) is 4.39 Å². The monoisotopic (exact) mass is 431 g/mol. The van der Waals surface area contributed by atoms with E-state index in [0.717, 1.165) is 0 Å². The summed E-state index contributed by atoms with van der Waals surface area (Å²) < 4.78 is 11.4. The number of amides is 1. The molecule has 1 aromatic carbocycles.